The molecule has 1 atom stereocenters. The minimum absolute atomic E-state index is 0.0240. The number of alkyl halides is 1. The Morgan fingerprint density at radius 1 is 0.947 bits per heavy atom. The standard InChI is InChI=1S/C16H14ClNO/c17-15(12-6-2-1-3-7-12)16(19)18-10-13-8-4-5-9-14(13)11-18/h1-9,15H,10-11H2. The molecule has 0 fully saturated rings. The van der Waals surface area contributed by atoms with Crippen LogP contribution < -0.4 is 0 Å². The molecular formula is C16H14ClNO. The number of carbonyl (C=O) groups is 1. The highest BCUT2D eigenvalue weighted by molar-refractivity contribution is 6.30. The lowest BCUT2D eigenvalue weighted by Crippen LogP contribution is -2.28. The number of nitrogens with zero attached hydrogens (tertiary/aromatic N) is 1. The van der Waals surface area contributed by atoms with Crippen LogP contribution in [-0.4, -0.2) is 10.8 Å². The summed E-state index contributed by atoms with van der Waals surface area (Å²) in [5, 5.41) is -0.601. The molecule has 2 aromatic rings. The summed E-state index contributed by atoms with van der Waals surface area (Å²) in [5.74, 6) is -0.0240. The van der Waals surface area contributed by atoms with Gasteiger partial charge >= 0.3 is 0 Å². The van der Waals surface area contributed by atoms with Gasteiger partial charge < -0.3 is 4.90 Å². The van der Waals surface area contributed by atoms with E-state index in [1.807, 2.05) is 47.4 Å². The molecule has 0 saturated heterocycles. The van der Waals surface area contributed by atoms with Crippen LogP contribution in [0.1, 0.15) is 22.1 Å². The molecule has 1 amide bonds. The Morgan fingerprint density at radius 3 is 2.05 bits per heavy atom. The van der Waals surface area contributed by atoms with E-state index in [0.29, 0.717) is 13.1 Å². The normalized spacial score (nSPS) is 15.1. The van der Waals surface area contributed by atoms with Crippen molar-refractivity contribution in [2.45, 2.75) is 18.5 Å². The van der Waals surface area contributed by atoms with Crippen molar-refractivity contribution >= 4 is 17.5 Å². The third kappa shape index (κ3) is 2.36. The fraction of sp³-hybridized carbons (Fsp3) is 0.188. The molecule has 2 nitrogen and oxygen atoms in total. The number of rotatable bonds is 2. The molecule has 0 spiro atoms. The van der Waals surface area contributed by atoms with Crippen LogP contribution in [0.3, 0.4) is 0 Å². The van der Waals surface area contributed by atoms with Gasteiger partial charge in [0.2, 0.25) is 5.91 Å². The molecule has 0 bridgehead atoms. The Hall–Kier alpha value is -1.80. The van der Waals surface area contributed by atoms with Crippen LogP contribution in [0.15, 0.2) is 54.6 Å². The van der Waals surface area contributed by atoms with Gasteiger partial charge in [0.15, 0.2) is 0 Å². The third-order valence-corrected chi connectivity index (χ3v) is 3.90. The Bertz CT molecular complexity index is 572. The molecule has 3 heteroatoms. The van der Waals surface area contributed by atoms with E-state index in [9.17, 15) is 4.79 Å². The van der Waals surface area contributed by atoms with Gasteiger partial charge in [-0.3, -0.25) is 4.79 Å². The zero-order valence-corrected chi connectivity index (χ0v) is 11.2. The zero-order valence-electron chi connectivity index (χ0n) is 10.4. The zero-order chi connectivity index (χ0) is 13.2. The molecule has 0 aliphatic carbocycles. The number of hydrogen-bond acceptors (Lipinski definition) is 1. The summed E-state index contributed by atoms with van der Waals surface area (Å²) in [6.45, 7) is 1.32. The average molecular weight is 272 g/mol. The van der Waals surface area contributed by atoms with Gasteiger partial charge in [-0.05, 0) is 16.7 Å². The predicted octanol–water partition coefficient (Wildman–Crippen LogP) is 3.51. The van der Waals surface area contributed by atoms with Crippen molar-refractivity contribution in [1.82, 2.24) is 4.90 Å². The summed E-state index contributed by atoms with van der Waals surface area (Å²) < 4.78 is 0. The lowest BCUT2D eigenvalue weighted by molar-refractivity contribution is -0.131. The predicted molar refractivity (Wildman–Crippen MR) is 75.7 cm³/mol. The van der Waals surface area contributed by atoms with E-state index in [2.05, 4.69) is 12.1 Å². The number of halogens is 1. The van der Waals surface area contributed by atoms with Gasteiger partial charge in [-0.2, -0.15) is 0 Å². The summed E-state index contributed by atoms with van der Waals surface area (Å²) in [5.41, 5.74) is 3.28. The Labute approximate surface area is 117 Å². The first-order valence-electron chi connectivity index (χ1n) is 6.30. The molecule has 19 heavy (non-hydrogen) atoms. The second kappa shape index (κ2) is 5.06. The molecule has 2 aromatic carbocycles. The van der Waals surface area contributed by atoms with Crippen LogP contribution in [-0.2, 0) is 17.9 Å². The van der Waals surface area contributed by atoms with Crippen LogP contribution in [0, 0.1) is 0 Å². The number of fused-ring (bicyclic) bond motifs is 1. The molecule has 0 radical (unpaired) electrons. The van der Waals surface area contributed by atoms with Gasteiger partial charge in [0.25, 0.3) is 0 Å². The number of amides is 1. The summed E-state index contributed by atoms with van der Waals surface area (Å²) in [4.78, 5) is 14.2. The van der Waals surface area contributed by atoms with Crippen LogP contribution in [0.4, 0.5) is 0 Å². The van der Waals surface area contributed by atoms with E-state index in [1.54, 1.807) is 0 Å². The largest absolute Gasteiger partial charge is 0.332 e. The molecule has 1 aliphatic heterocycles. The molecular weight excluding hydrogens is 258 g/mol. The highest BCUT2D eigenvalue weighted by atomic mass is 35.5. The van der Waals surface area contributed by atoms with Crippen molar-refractivity contribution in [2.24, 2.45) is 0 Å². The molecule has 1 unspecified atom stereocenters. The van der Waals surface area contributed by atoms with Gasteiger partial charge in [-0.25, -0.2) is 0 Å². The monoisotopic (exact) mass is 271 g/mol. The van der Waals surface area contributed by atoms with Crippen LogP contribution in [0.25, 0.3) is 0 Å². The molecule has 1 aliphatic rings. The smallest absolute Gasteiger partial charge is 0.245 e. The Kier molecular flexibility index (Phi) is 3.26. The van der Waals surface area contributed by atoms with E-state index < -0.39 is 5.38 Å². The van der Waals surface area contributed by atoms with Crippen molar-refractivity contribution in [2.75, 3.05) is 0 Å². The van der Waals surface area contributed by atoms with Crippen LogP contribution in [0.2, 0.25) is 0 Å². The summed E-state index contributed by atoms with van der Waals surface area (Å²) in [6, 6.07) is 17.6. The maximum atomic E-state index is 12.4. The second-order valence-electron chi connectivity index (χ2n) is 4.74. The van der Waals surface area contributed by atoms with Gasteiger partial charge in [0.1, 0.15) is 5.38 Å². The third-order valence-electron chi connectivity index (χ3n) is 3.46. The van der Waals surface area contributed by atoms with E-state index in [1.165, 1.54) is 11.1 Å². The highest BCUT2D eigenvalue weighted by Crippen LogP contribution is 2.28. The van der Waals surface area contributed by atoms with Crippen molar-refractivity contribution in [3.8, 4) is 0 Å². The van der Waals surface area contributed by atoms with Crippen LogP contribution in [0.5, 0.6) is 0 Å². The molecule has 3 rings (SSSR count). The van der Waals surface area contributed by atoms with Crippen LogP contribution >= 0.6 is 11.6 Å². The first kappa shape index (κ1) is 12.2. The quantitative estimate of drug-likeness (QED) is 0.766. The first-order chi connectivity index (χ1) is 9.25. The van der Waals surface area contributed by atoms with Gasteiger partial charge in [-0.15, -0.1) is 11.6 Å². The Morgan fingerprint density at radius 2 is 1.47 bits per heavy atom. The lowest BCUT2D eigenvalue weighted by Gasteiger charge is -2.19. The maximum absolute atomic E-state index is 12.4. The SMILES string of the molecule is O=C(C(Cl)c1ccccc1)N1Cc2ccccc2C1. The molecule has 0 aromatic heterocycles. The van der Waals surface area contributed by atoms with Crippen molar-refractivity contribution in [3.05, 3.63) is 71.3 Å². The molecule has 0 N–H and O–H groups in total. The molecule has 96 valence electrons. The molecule has 0 saturated carbocycles. The van der Waals surface area contributed by atoms with Gasteiger partial charge in [-0.1, -0.05) is 54.6 Å². The number of carbonyl (C=O) groups excluding carboxylic acids is 1. The fourth-order valence-electron chi connectivity index (χ4n) is 2.41. The van der Waals surface area contributed by atoms with Crippen molar-refractivity contribution < 1.29 is 4.79 Å². The van der Waals surface area contributed by atoms with E-state index in [4.69, 9.17) is 11.6 Å². The lowest BCUT2D eigenvalue weighted by atomic mass is 10.1. The summed E-state index contributed by atoms with van der Waals surface area (Å²) in [6.07, 6.45) is 0. The minimum atomic E-state index is -0.601. The van der Waals surface area contributed by atoms with Crippen molar-refractivity contribution in [1.29, 1.82) is 0 Å². The van der Waals surface area contributed by atoms with E-state index in [0.717, 1.165) is 5.56 Å². The van der Waals surface area contributed by atoms with E-state index >= 15 is 0 Å². The highest BCUT2D eigenvalue weighted by Gasteiger charge is 2.28. The maximum Gasteiger partial charge on any atom is 0.245 e. The van der Waals surface area contributed by atoms with Gasteiger partial charge in [0, 0.05) is 13.1 Å². The average Bonchev–Trinajstić information content (AvgIpc) is 2.90. The summed E-state index contributed by atoms with van der Waals surface area (Å²) in [7, 11) is 0. The minimum Gasteiger partial charge on any atom is -0.332 e. The number of hydrogen-bond donors (Lipinski definition) is 0. The molecule has 1 heterocycles. The van der Waals surface area contributed by atoms with Crippen molar-refractivity contribution in [3.63, 3.8) is 0 Å². The van der Waals surface area contributed by atoms with Gasteiger partial charge in [0.05, 0.1) is 0 Å². The number of benzene rings is 2. The second-order valence-corrected chi connectivity index (χ2v) is 5.17. The Balaban J connectivity index is 1.77. The first-order valence-corrected chi connectivity index (χ1v) is 6.74. The summed E-state index contributed by atoms with van der Waals surface area (Å²) >= 11 is 6.29. The van der Waals surface area contributed by atoms with E-state index in [-0.39, 0.29) is 5.91 Å². The topological polar surface area (TPSA) is 20.3 Å². The fourth-order valence-corrected chi connectivity index (χ4v) is 2.70.